The predicted molar refractivity (Wildman–Crippen MR) is 112 cm³/mol. The van der Waals surface area contributed by atoms with Crippen LogP contribution in [0.2, 0.25) is 0 Å². The number of anilines is 1. The molecule has 5 nitrogen and oxygen atoms in total. The number of benzene rings is 2. The number of rotatable bonds is 8. The Morgan fingerprint density at radius 2 is 1.82 bits per heavy atom. The zero-order valence-electron chi connectivity index (χ0n) is 16.2. The van der Waals surface area contributed by atoms with Gasteiger partial charge < -0.3 is 15.4 Å². The molecule has 0 spiro atoms. The summed E-state index contributed by atoms with van der Waals surface area (Å²) in [4.78, 5) is 16.9. The van der Waals surface area contributed by atoms with Crippen LogP contribution in [0.15, 0.2) is 72.9 Å². The number of carbonyl (C=O) groups excluding carboxylic acids is 1. The Bertz CT molecular complexity index is 912. The van der Waals surface area contributed by atoms with Crippen molar-refractivity contribution < 1.29 is 9.53 Å². The fourth-order valence-electron chi connectivity index (χ4n) is 3.01. The number of carbonyl (C=O) groups is 1. The van der Waals surface area contributed by atoms with Crippen molar-refractivity contribution in [2.24, 2.45) is 0 Å². The van der Waals surface area contributed by atoms with E-state index in [9.17, 15) is 4.79 Å². The van der Waals surface area contributed by atoms with Crippen LogP contribution in [-0.4, -0.2) is 24.5 Å². The first-order valence-electron chi connectivity index (χ1n) is 9.35. The number of nitrogens with zero attached hydrogens (tertiary/aromatic N) is 1. The minimum Gasteiger partial charge on any atom is -0.496 e. The van der Waals surface area contributed by atoms with Gasteiger partial charge in [0.2, 0.25) is 0 Å². The minimum atomic E-state index is -0.119. The third kappa shape index (κ3) is 5.10. The van der Waals surface area contributed by atoms with Crippen molar-refractivity contribution in [1.82, 2.24) is 10.3 Å². The molecule has 5 heteroatoms. The van der Waals surface area contributed by atoms with Crippen LogP contribution >= 0.6 is 0 Å². The molecule has 3 rings (SSSR count). The van der Waals surface area contributed by atoms with Crippen LogP contribution in [0.5, 0.6) is 5.75 Å². The molecular formula is C23H25N3O2. The van der Waals surface area contributed by atoms with Gasteiger partial charge in [0.1, 0.15) is 11.6 Å². The summed E-state index contributed by atoms with van der Waals surface area (Å²) >= 11 is 0. The van der Waals surface area contributed by atoms with Gasteiger partial charge in [-0.1, -0.05) is 48.5 Å². The SMILES string of the molecule is COc1ccccc1CCNc1cc(C(=O)NC(C)c2ccccc2)ccn1. The van der Waals surface area contributed by atoms with Crippen LogP contribution < -0.4 is 15.4 Å². The van der Waals surface area contributed by atoms with E-state index in [1.807, 2.05) is 61.5 Å². The normalized spacial score (nSPS) is 11.5. The van der Waals surface area contributed by atoms with Gasteiger partial charge in [-0.3, -0.25) is 4.79 Å². The van der Waals surface area contributed by atoms with Gasteiger partial charge in [-0.15, -0.1) is 0 Å². The minimum absolute atomic E-state index is 0.0659. The molecule has 3 aromatic rings. The Balaban J connectivity index is 1.58. The van der Waals surface area contributed by atoms with E-state index in [0.717, 1.165) is 23.3 Å². The molecule has 1 amide bonds. The zero-order chi connectivity index (χ0) is 19.8. The summed E-state index contributed by atoms with van der Waals surface area (Å²) in [7, 11) is 1.67. The van der Waals surface area contributed by atoms with E-state index in [4.69, 9.17) is 4.74 Å². The molecule has 2 N–H and O–H groups in total. The smallest absolute Gasteiger partial charge is 0.251 e. The molecule has 0 radical (unpaired) electrons. The van der Waals surface area contributed by atoms with Crippen molar-refractivity contribution in [3.05, 3.63) is 89.6 Å². The number of methoxy groups -OCH3 is 1. The first-order chi connectivity index (χ1) is 13.7. The Labute approximate surface area is 165 Å². The molecule has 144 valence electrons. The van der Waals surface area contributed by atoms with Gasteiger partial charge in [0, 0.05) is 18.3 Å². The highest BCUT2D eigenvalue weighted by Crippen LogP contribution is 2.18. The van der Waals surface area contributed by atoms with Crippen molar-refractivity contribution in [1.29, 1.82) is 0 Å². The fraction of sp³-hybridized carbons (Fsp3) is 0.217. The lowest BCUT2D eigenvalue weighted by Gasteiger charge is -2.15. The second kappa shape index (κ2) is 9.55. The van der Waals surface area contributed by atoms with Crippen LogP contribution in [-0.2, 0) is 6.42 Å². The third-order valence-corrected chi connectivity index (χ3v) is 4.56. The number of ether oxygens (including phenoxy) is 1. The van der Waals surface area contributed by atoms with Gasteiger partial charge >= 0.3 is 0 Å². The lowest BCUT2D eigenvalue weighted by Crippen LogP contribution is -2.26. The second-order valence-corrected chi connectivity index (χ2v) is 6.52. The topological polar surface area (TPSA) is 63.2 Å². The van der Waals surface area contributed by atoms with E-state index in [-0.39, 0.29) is 11.9 Å². The number of amides is 1. The molecule has 0 saturated heterocycles. The van der Waals surface area contributed by atoms with Gasteiger partial charge in [0.05, 0.1) is 13.2 Å². The predicted octanol–water partition coefficient (Wildman–Crippen LogP) is 4.24. The molecule has 0 aliphatic carbocycles. The zero-order valence-corrected chi connectivity index (χ0v) is 16.2. The Kier molecular flexibility index (Phi) is 6.63. The maximum atomic E-state index is 12.6. The molecule has 1 unspecified atom stereocenters. The summed E-state index contributed by atoms with van der Waals surface area (Å²) in [5, 5.41) is 6.30. The summed E-state index contributed by atoms with van der Waals surface area (Å²) in [5.41, 5.74) is 2.78. The second-order valence-electron chi connectivity index (χ2n) is 6.52. The van der Waals surface area contributed by atoms with Crippen LogP contribution in [0, 0.1) is 0 Å². The lowest BCUT2D eigenvalue weighted by molar-refractivity contribution is 0.0940. The molecule has 0 aliphatic rings. The van der Waals surface area contributed by atoms with Crippen molar-refractivity contribution >= 4 is 11.7 Å². The number of hydrogen-bond donors (Lipinski definition) is 2. The molecule has 2 aromatic carbocycles. The average molecular weight is 375 g/mol. The van der Waals surface area contributed by atoms with Gasteiger partial charge in [0.15, 0.2) is 0 Å². The van der Waals surface area contributed by atoms with Crippen molar-refractivity contribution in [2.75, 3.05) is 19.0 Å². The van der Waals surface area contributed by atoms with Gasteiger partial charge in [0.25, 0.3) is 5.91 Å². The summed E-state index contributed by atoms with van der Waals surface area (Å²) in [6.45, 7) is 2.67. The summed E-state index contributed by atoms with van der Waals surface area (Å²) in [6, 6.07) is 21.3. The third-order valence-electron chi connectivity index (χ3n) is 4.56. The van der Waals surface area contributed by atoms with E-state index in [1.54, 1.807) is 25.4 Å². The maximum Gasteiger partial charge on any atom is 0.251 e. The molecule has 1 aromatic heterocycles. The largest absolute Gasteiger partial charge is 0.496 e. The van der Waals surface area contributed by atoms with Crippen LogP contribution in [0.25, 0.3) is 0 Å². The maximum absolute atomic E-state index is 12.6. The number of para-hydroxylation sites is 1. The average Bonchev–Trinajstić information content (AvgIpc) is 2.75. The molecule has 0 aliphatic heterocycles. The fourth-order valence-corrected chi connectivity index (χ4v) is 3.01. The first kappa shape index (κ1) is 19.4. The Hall–Kier alpha value is -3.34. The summed E-state index contributed by atoms with van der Waals surface area (Å²) in [6.07, 6.45) is 2.45. The summed E-state index contributed by atoms with van der Waals surface area (Å²) in [5.74, 6) is 1.43. The highest BCUT2D eigenvalue weighted by atomic mass is 16.5. The van der Waals surface area contributed by atoms with Gasteiger partial charge in [-0.25, -0.2) is 4.98 Å². The van der Waals surface area contributed by atoms with Gasteiger partial charge in [-0.2, -0.15) is 0 Å². The van der Waals surface area contributed by atoms with Crippen molar-refractivity contribution in [3.63, 3.8) is 0 Å². The first-order valence-corrected chi connectivity index (χ1v) is 9.35. The summed E-state index contributed by atoms with van der Waals surface area (Å²) < 4.78 is 5.38. The highest BCUT2D eigenvalue weighted by molar-refractivity contribution is 5.95. The molecule has 0 saturated carbocycles. The standard InChI is InChI=1S/C23H25N3O2/c1-17(18-8-4-3-5-9-18)26-23(27)20-13-15-25-22(16-20)24-14-12-19-10-6-7-11-21(19)28-2/h3-11,13,15-17H,12,14H2,1-2H3,(H,24,25)(H,26,27). The van der Waals surface area contributed by atoms with Crippen molar-refractivity contribution in [2.45, 2.75) is 19.4 Å². The quantitative estimate of drug-likeness (QED) is 0.618. The van der Waals surface area contributed by atoms with E-state index in [0.29, 0.717) is 17.9 Å². The molecule has 0 bridgehead atoms. The number of aromatic nitrogens is 1. The highest BCUT2D eigenvalue weighted by Gasteiger charge is 2.12. The van der Waals surface area contributed by atoms with Crippen LogP contribution in [0.4, 0.5) is 5.82 Å². The molecule has 28 heavy (non-hydrogen) atoms. The molecule has 1 heterocycles. The number of nitrogens with one attached hydrogen (secondary N) is 2. The van der Waals surface area contributed by atoms with Crippen molar-refractivity contribution in [3.8, 4) is 5.75 Å². The van der Waals surface area contributed by atoms with E-state index >= 15 is 0 Å². The van der Waals surface area contributed by atoms with Crippen LogP contribution in [0.3, 0.4) is 0 Å². The molecule has 0 fully saturated rings. The Morgan fingerprint density at radius 3 is 2.61 bits per heavy atom. The van der Waals surface area contributed by atoms with E-state index < -0.39 is 0 Å². The lowest BCUT2D eigenvalue weighted by atomic mass is 10.1. The van der Waals surface area contributed by atoms with E-state index in [1.165, 1.54) is 0 Å². The van der Waals surface area contributed by atoms with Gasteiger partial charge in [-0.05, 0) is 42.7 Å². The monoisotopic (exact) mass is 375 g/mol. The molecular weight excluding hydrogens is 350 g/mol. The molecule has 1 atom stereocenters. The number of hydrogen-bond acceptors (Lipinski definition) is 4. The van der Waals surface area contributed by atoms with Crippen LogP contribution in [0.1, 0.15) is 34.5 Å². The Morgan fingerprint density at radius 1 is 1.07 bits per heavy atom. The van der Waals surface area contributed by atoms with E-state index in [2.05, 4.69) is 15.6 Å². The number of pyridine rings is 1.